The molecule has 1 N–H and O–H groups in total. The number of pyridine rings is 1. The van der Waals surface area contributed by atoms with Crippen LogP contribution < -0.4 is 15.0 Å². The molecule has 0 unspecified atom stereocenters. The Morgan fingerprint density at radius 2 is 1.78 bits per heavy atom. The van der Waals surface area contributed by atoms with Crippen molar-refractivity contribution >= 4 is 23.2 Å². The number of piperidine rings is 1. The van der Waals surface area contributed by atoms with Crippen molar-refractivity contribution in [2.24, 2.45) is 5.92 Å². The van der Waals surface area contributed by atoms with Gasteiger partial charge < -0.3 is 15.0 Å². The molecule has 0 aliphatic carbocycles. The van der Waals surface area contributed by atoms with Gasteiger partial charge in [0.1, 0.15) is 5.75 Å². The minimum Gasteiger partial charge on any atom is -0.496 e. The van der Waals surface area contributed by atoms with Gasteiger partial charge in [0, 0.05) is 17.7 Å². The van der Waals surface area contributed by atoms with Crippen molar-refractivity contribution in [1.82, 2.24) is 20.0 Å². The summed E-state index contributed by atoms with van der Waals surface area (Å²) < 4.78 is 5.64. The highest BCUT2D eigenvalue weighted by Gasteiger charge is 2.42. The second kappa shape index (κ2) is 9.99. The summed E-state index contributed by atoms with van der Waals surface area (Å²) in [6.45, 7) is 2.00. The Balaban J connectivity index is 1.49. The van der Waals surface area contributed by atoms with Gasteiger partial charge in [0.15, 0.2) is 5.82 Å². The van der Waals surface area contributed by atoms with E-state index in [1.165, 1.54) is 4.80 Å². The number of hydrogen-bond acceptors (Lipinski definition) is 6. The molecule has 0 saturated carbocycles. The molecule has 36 heavy (non-hydrogen) atoms. The van der Waals surface area contributed by atoms with E-state index in [-0.39, 0.29) is 18.2 Å². The van der Waals surface area contributed by atoms with Gasteiger partial charge in [0.25, 0.3) is 0 Å². The van der Waals surface area contributed by atoms with Gasteiger partial charge in [-0.3, -0.25) is 9.59 Å². The lowest BCUT2D eigenvalue weighted by molar-refractivity contribution is -0.125. The van der Waals surface area contributed by atoms with Crippen molar-refractivity contribution in [3.05, 3.63) is 90.4 Å². The first kappa shape index (κ1) is 23.2. The standard InChI is InChI=1S/C27H26N6O3/c1-18-7-10-20(11-8-18)32-25(34)14-12-22(26(32)21-5-3-4-6-23(21)36-2)27(35)31-19-9-13-24(28-17-19)33-29-15-16-30-33/h3-11,13,15-17,22,26H,12,14H2,1-2H3,(H,31,35)/t22-,26+/m0/s1. The summed E-state index contributed by atoms with van der Waals surface area (Å²) in [7, 11) is 1.59. The molecule has 0 radical (unpaired) electrons. The number of carbonyl (C=O) groups excluding carboxylic acids is 2. The second-order valence-corrected chi connectivity index (χ2v) is 8.64. The number of aromatic nitrogens is 4. The number of amides is 2. The number of rotatable bonds is 6. The van der Waals surface area contributed by atoms with E-state index in [0.29, 0.717) is 23.7 Å². The van der Waals surface area contributed by atoms with Crippen LogP contribution in [0.3, 0.4) is 0 Å². The van der Waals surface area contributed by atoms with Crippen LogP contribution in [0, 0.1) is 12.8 Å². The summed E-state index contributed by atoms with van der Waals surface area (Å²) >= 11 is 0. The van der Waals surface area contributed by atoms with Crippen molar-refractivity contribution in [2.75, 3.05) is 17.3 Å². The van der Waals surface area contributed by atoms with Crippen LogP contribution in [0.5, 0.6) is 5.75 Å². The first-order valence-electron chi connectivity index (χ1n) is 11.7. The van der Waals surface area contributed by atoms with Crippen LogP contribution >= 0.6 is 0 Å². The zero-order chi connectivity index (χ0) is 25.1. The molecule has 0 spiro atoms. The smallest absolute Gasteiger partial charge is 0.229 e. The van der Waals surface area contributed by atoms with Gasteiger partial charge in [-0.1, -0.05) is 35.9 Å². The third-order valence-electron chi connectivity index (χ3n) is 6.34. The Morgan fingerprint density at radius 1 is 1.03 bits per heavy atom. The van der Waals surface area contributed by atoms with Crippen molar-refractivity contribution in [2.45, 2.75) is 25.8 Å². The Bertz CT molecular complexity index is 1350. The van der Waals surface area contributed by atoms with Crippen molar-refractivity contribution in [1.29, 1.82) is 0 Å². The molecule has 9 heteroatoms. The highest BCUT2D eigenvalue weighted by molar-refractivity contribution is 6.00. The normalized spacial score (nSPS) is 17.6. The van der Waals surface area contributed by atoms with E-state index in [1.807, 2.05) is 55.5 Å². The number of aryl methyl sites for hydroxylation is 1. The van der Waals surface area contributed by atoms with Crippen LogP contribution in [0.1, 0.15) is 30.0 Å². The molecular weight excluding hydrogens is 456 g/mol. The lowest BCUT2D eigenvalue weighted by atomic mass is 9.82. The van der Waals surface area contributed by atoms with Crippen LogP contribution in [0.4, 0.5) is 11.4 Å². The Kier molecular flexibility index (Phi) is 6.44. The molecule has 1 saturated heterocycles. The number of carbonyl (C=O) groups is 2. The van der Waals surface area contributed by atoms with E-state index >= 15 is 0 Å². The maximum absolute atomic E-state index is 13.7. The Morgan fingerprint density at radius 3 is 2.47 bits per heavy atom. The average molecular weight is 483 g/mol. The molecule has 2 aromatic heterocycles. The molecule has 1 aliphatic rings. The fourth-order valence-electron chi connectivity index (χ4n) is 4.59. The molecule has 5 rings (SSSR count). The SMILES string of the molecule is COc1ccccc1[C@@H]1[C@@H](C(=O)Nc2ccc(-n3nccn3)nc2)CCC(=O)N1c1ccc(C)cc1. The van der Waals surface area contributed by atoms with E-state index in [9.17, 15) is 9.59 Å². The van der Waals surface area contributed by atoms with Crippen LogP contribution in [0.25, 0.3) is 5.82 Å². The molecule has 3 heterocycles. The van der Waals surface area contributed by atoms with Crippen LogP contribution in [-0.4, -0.2) is 38.9 Å². The summed E-state index contributed by atoms with van der Waals surface area (Å²) in [4.78, 5) is 34.4. The highest BCUT2D eigenvalue weighted by atomic mass is 16.5. The van der Waals surface area contributed by atoms with E-state index in [0.717, 1.165) is 16.8 Å². The number of para-hydroxylation sites is 1. The van der Waals surface area contributed by atoms with Gasteiger partial charge in [-0.15, -0.1) is 4.80 Å². The molecule has 0 bridgehead atoms. The van der Waals surface area contributed by atoms with Gasteiger partial charge in [0.05, 0.1) is 43.3 Å². The number of benzene rings is 2. The third-order valence-corrected chi connectivity index (χ3v) is 6.34. The van der Waals surface area contributed by atoms with E-state index in [4.69, 9.17) is 4.74 Å². The molecular formula is C27H26N6O3. The van der Waals surface area contributed by atoms with Gasteiger partial charge in [-0.05, 0) is 43.7 Å². The maximum atomic E-state index is 13.7. The fraction of sp³-hybridized carbons (Fsp3) is 0.222. The fourth-order valence-corrected chi connectivity index (χ4v) is 4.59. The van der Waals surface area contributed by atoms with Crippen molar-refractivity contribution in [3.63, 3.8) is 0 Å². The Hall–Kier alpha value is -4.53. The number of nitrogens with one attached hydrogen (secondary N) is 1. The van der Waals surface area contributed by atoms with Crippen LogP contribution in [-0.2, 0) is 9.59 Å². The van der Waals surface area contributed by atoms with Gasteiger partial charge in [0.2, 0.25) is 11.8 Å². The number of hydrogen-bond donors (Lipinski definition) is 1. The van der Waals surface area contributed by atoms with Crippen molar-refractivity contribution in [3.8, 4) is 11.6 Å². The van der Waals surface area contributed by atoms with Gasteiger partial charge in [-0.2, -0.15) is 10.2 Å². The quantitative estimate of drug-likeness (QED) is 0.444. The molecule has 2 amide bonds. The molecule has 1 aliphatic heterocycles. The average Bonchev–Trinajstić information content (AvgIpc) is 3.44. The lowest BCUT2D eigenvalue weighted by Gasteiger charge is -2.41. The summed E-state index contributed by atoms with van der Waals surface area (Å²) in [5.41, 5.74) is 3.17. The highest BCUT2D eigenvalue weighted by Crippen LogP contribution is 2.43. The molecule has 2 atom stereocenters. The first-order chi connectivity index (χ1) is 17.5. The first-order valence-corrected chi connectivity index (χ1v) is 11.7. The van der Waals surface area contributed by atoms with Crippen LogP contribution in [0.15, 0.2) is 79.3 Å². The predicted molar refractivity (Wildman–Crippen MR) is 135 cm³/mol. The van der Waals surface area contributed by atoms with Crippen molar-refractivity contribution < 1.29 is 14.3 Å². The predicted octanol–water partition coefficient (Wildman–Crippen LogP) is 4.10. The summed E-state index contributed by atoms with van der Waals surface area (Å²) in [6, 6.07) is 18.3. The topological polar surface area (TPSA) is 102 Å². The lowest BCUT2D eigenvalue weighted by Crippen LogP contribution is -2.47. The number of nitrogens with zero attached hydrogens (tertiary/aromatic N) is 5. The summed E-state index contributed by atoms with van der Waals surface area (Å²) in [6.07, 6.45) is 5.39. The molecule has 4 aromatic rings. The monoisotopic (exact) mass is 482 g/mol. The molecule has 9 nitrogen and oxygen atoms in total. The van der Waals surface area contributed by atoms with E-state index in [2.05, 4.69) is 20.5 Å². The summed E-state index contributed by atoms with van der Waals surface area (Å²) in [5.74, 6) is 0.440. The van der Waals surface area contributed by atoms with E-state index in [1.54, 1.807) is 42.7 Å². The number of methoxy groups -OCH3 is 1. The number of anilines is 2. The van der Waals surface area contributed by atoms with Crippen LogP contribution in [0.2, 0.25) is 0 Å². The third kappa shape index (κ3) is 4.55. The zero-order valence-corrected chi connectivity index (χ0v) is 20.0. The van der Waals surface area contributed by atoms with E-state index < -0.39 is 12.0 Å². The van der Waals surface area contributed by atoms with Gasteiger partial charge in [-0.25, -0.2) is 4.98 Å². The maximum Gasteiger partial charge on any atom is 0.229 e. The number of ether oxygens (including phenoxy) is 1. The minimum atomic E-state index is -0.536. The Labute approximate surface area is 208 Å². The molecule has 1 fully saturated rings. The largest absolute Gasteiger partial charge is 0.496 e. The molecule has 182 valence electrons. The summed E-state index contributed by atoms with van der Waals surface area (Å²) in [5, 5.41) is 11.1. The minimum absolute atomic E-state index is 0.0310. The molecule has 2 aromatic carbocycles. The second-order valence-electron chi connectivity index (χ2n) is 8.64. The van der Waals surface area contributed by atoms with Gasteiger partial charge >= 0.3 is 0 Å². The zero-order valence-electron chi connectivity index (χ0n) is 20.0.